The van der Waals surface area contributed by atoms with E-state index in [1.54, 1.807) is 11.4 Å². The largest absolute Gasteiger partial charge is 0.480 e. The number of carboxylic acid groups (broad SMARTS) is 1. The highest BCUT2D eigenvalue weighted by molar-refractivity contribution is 8.01. The highest BCUT2D eigenvalue weighted by Crippen LogP contribution is 2.30. The standard InChI is InChI=1S/C8H9NO4S3/c10-8(11)6-4-14-5-9(6)16(12,13)7-2-1-3-15-7/h1-3,6H,4-5H2,(H,10,11). The third kappa shape index (κ3) is 1.97. The average Bonchev–Trinajstić information content (AvgIpc) is 2.89. The van der Waals surface area contributed by atoms with E-state index in [1.807, 2.05) is 0 Å². The maximum Gasteiger partial charge on any atom is 0.322 e. The van der Waals surface area contributed by atoms with Gasteiger partial charge in [0, 0.05) is 5.75 Å². The second kappa shape index (κ2) is 4.36. The number of nitrogens with zero attached hydrogens (tertiary/aromatic N) is 1. The van der Waals surface area contributed by atoms with Crippen molar-refractivity contribution in [1.29, 1.82) is 0 Å². The van der Waals surface area contributed by atoms with Crippen LogP contribution in [0.5, 0.6) is 0 Å². The molecule has 1 atom stereocenters. The SMILES string of the molecule is O=C(O)C1CSCN1S(=O)(=O)c1cccs1. The van der Waals surface area contributed by atoms with E-state index in [4.69, 9.17) is 5.11 Å². The molecule has 1 unspecified atom stereocenters. The van der Waals surface area contributed by atoms with Gasteiger partial charge in [-0.3, -0.25) is 4.79 Å². The topological polar surface area (TPSA) is 74.7 Å². The Bertz CT molecular complexity index is 481. The van der Waals surface area contributed by atoms with Crippen molar-refractivity contribution in [3.05, 3.63) is 17.5 Å². The van der Waals surface area contributed by atoms with Crippen LogP contribution in [0.2, 0.25) is 0 Å². The molecule has 1 aromatic heterocycles. The van der Waals surface area contributed by atoms with Crippen LogP contribution in [0.15, 0.2) is 21.7 Å². The van der Waals surface area contributed by atoms with E-state index in [9.17, 15) is 13.2 Å². The van der Waals surface area contributed by atoms with Crippen molar-refractivity contribution in [2.24, 2.45) is 0 Å². The zero-order chi connectivity index (χ0) is 11.8. The van der Waals surface area contributed by atoms with E-state index in [0.717, 1.165) is 15.6 Å². The Morgan fingerprint density at radius 1 is 1.56 bits per heavy atom. The molecule has 0 bridgehead atoms. The van der Waals surface area contributed by atoms with Crippen LogP contribution in [0.4, 0.5) is 0 Å². The minimum absolute atomic E-state index is 0.196. The van der Waals surface area contributed by atoms with Gasteiger partial charge in [0.2, 0.25) is 0 Å². The van der Waals surface area contributed by atoms with Crippen LogP contribution < -0.4 is 0 Å². The van der Waals surface area contributed by atoms with Crippen molar-refractivity contribution in [1.82, 2.24) is 4.31 Å². The fraction of sp³-hybridized carbons (Fsp3) is 0.375. The predicted molar refractivity (Wildman–Crippen MR) is 62.1 cm³/mol. The second-order valence-electron chi connectivity index (χ2n) is 3.18. The lowest BCUT2D eigenvalue weighted by Crippen LogP contribution is -2.41. The van der Waals surface area contributed by atoms with Gasteiger partial charge < -0.3 is 5.11 Å². The summed E-state index contributed by atoms with van der Waals surface area (Å²) in [7, 11) is -3.64. The molecule has 16 heavy (non-hydrogen) atoms. The van der Waals surface area contributed by atoms with E-state index >= 15 is 0 Å². The van der Waals surface area contributed by atoms with Gasteiger partial charge in [-0.05, 0) is 11.4 Å². The summed E-state index contributed by atoms with van der Waals surface area (Å²) in [6.45, 7) is 0. The fourth-order valence-corrected chi connectivity index (χ4v) is 5.64. The van der Waals surface area contributed by atoms with Gasteiger partial charge >= 0.3 is 5.97 Å². The summed E-state index contributed by atoms with van der Waals surface area (Å²) in [4.78, 5) is 10.9. The molecule has 2 heterocycles. The molecule has 0 spiro atoms. The average molecular weight is 279 g/mol. The molecule has 2 rings (SSSR count). The lowest BCUT2D eigenvalue weighted by Gasteiger charge is -2.18. The number of thiophene rings is 1. The molecule has 1 aliphatic rings. The van der Waals surface area contributed by atoms with Crippen LogP contribution in [-0.4, -0.2) is 41.5 Å². The van der Waals surface area contributed by atoms with Crippen molar-refractivity contribution < 1.29 is 18.3 Å². The maximum atomic E-state index is 12.1. The number of carbonyl (C=O) groups is 1. The molecule has 1 fully saturated rings. The molecule has 0 aliphatic carbocycles. The number of rotatable bonds is 3. The smallest absolute Gasteiger partial charge is 0.322 e. The molecule has 0 amide bonds. The Balaban J connectivity index is 2.34. The number of carboxylic acids is 1. The van der Waals surface area contributed by atoms with Crippen LogP contribution in [0.25, 0.3) is 0 Å². The second-order valence-corrected chi connectivity index (χ2v) is 7.24. The lowest BCUT2D eigenvalue weighted by atomic mass is 10.4. The number of sulfonamides is 1. The zero-order valence-corrected chi connectivity index (χ0v) is 10.5. The molecular weight excluding hydrogens is 270 g/mol. The van der Waals surface area contributed by atoms with Gasteiger partial charge in [0.15, 0.2) is 0 Å². The summed E-state index contributed by atoms with van der Waals surface area (Å²) in [5.74, 6) is -0.581. The monoisotopic (exact) mass is 279 g/mol. The minimum Gasteiger partial charge on any atom is -0.480 e. The van der Waals surface area contributed by atoms with Gasteiger partial charge in [-0.2, -0.15) is 4.31 Å². The molecule has 1 saturated heterocycles. The van der Waals surface area contributed by atoms with Crippen LogP contribution in [0, 0.1) is 0 Å². The molecule has 1 aromatic rings. The van der Waals surface area contributed by atoms with Crippen molar-refractivity contribution in [3.8, 4) is 0 Å². The summed E-state index contributed by atoms with van der Waals surface area (Å²) in [6.07, 6.45) is 0. The molecule has 1 aliphatic heterocycles. The first-order chi connectivity index (χ1) is 7.53. The minimum atomic E-state index is -3.64. The van der Waals surface area contributed by atoms with E-state index in [-0.39, 0.29) is 10.1 Å². The molecule has 0 radical (unpaired) electrons. The van der Waals surface area contributed by atoms with E-state index in [1.165, 1.54) is 17.8 Å². The summed E-state index contributed by atoms with van der Waals surface area (Å²) in [5.41, 5.74) is 0. The number of hydrogen-bond donors (Lipinski definition) is 1. The quantitative estimate of drug-likeness (QED) is 0.889. The maximum absolute atomic E-state index is 12.1. The van der Waals surface area contributed by atoms with Crippen molar-refractivity contribution in [2.45, 2.75) is 10.3 Å². The first-order valence-corrected chi connectivity index (χ1v) is 7.87. The Kier molecular flexibility index (Phi) is 3.24. The summed E-state index contributed by atoms with van der Waals surface area (Å²) >= 11 is 2.41. The third-order valence-corrected chi connectivity index (χ3v) is 6.59. The number of aliphatic carboxylic acids is 1. The molecular formula is C8H9NO4S3. The molecule has 5 nitrogen and oxygen atoms in total. The van der Waals surface area contributed by atoms with Gasteiger partial charge in [0.05, 0.1) is 5.88 Å². The van der Waals surface area contributed by atoms with Gasteiger partial charge in [0.25, 0.3) is 10.0 Å². The summed E-state index contributed by atoms with van der Waals surface area (Å²) < 4.78 is 25.4. The molecule has 1 N–H and O–H groups in total. The molecule has 0 aromatic carbocycles. The first-order valence-electron chi connectivity index (χ1n) is 4.39. The lowest BCUT2D eigenvalue weighted by molar-refractivity contribution is -0.140. The highest BCUT2D eigenvalue weighted by Gasteiger charge is 2.40. The van der Waals surface area contributed by atoms with Crippen LogP contribution in [0.1, 0.15) is 0 Å². The predicted octanol–water partition coefficient (Wildman–Crippen LogP) is 0.896. The zero-order valence-electron chi connectivity index (χ0n) is 8.07. The first kappa shape index (κ1) is 11.9. The van der Waals surface area contributed by atoms with E-state index in [2.05, 4.69) is 0 Å². The summed E-state index contributed by atoms with van der Waals surface area (Å²) in [6, 6.07) is 2.18. The van der Waals surface area contributed by atoms with Gasteiger partial charge in [-0.25, -0.2) is 8.42 Å². The number of thioether (sulfide) groups is 1. The summed E-state index contributed by atoms with van der Waals surface area (Å²) in [5, 5.41) is 10.6. The normalized spacial score (nSPS) is 22.4. The molecule has 8 heteroatoms. The van der Waals surface area contributed by atoms with Gasteiger partial charge in [-0.1, -0.05) is 6.07 Å². The Labute approximate surface area is 101 Å². The van der Waals surface area contributed by atoms with E-state index in [0.29, 0.717) is 5.75 Å². The van der Waals surface area contributed by atoms with Crippen molar-refractivity contribution >= 4 is 39.1 Å². The van der Waals surface area contributed by atoms with Gasteiger partial charge in [-0.15, -0.1) is 23.1 Å². The van der Waals surface area contributed by atoms with Gasteiger partial charge in [0.1, 0.15) is 10.3 Å². The fourth-order valence-electron chi connectivity index (χ4n) is 1.38. The van der Waals surface area contributed by atoms with Crippen molar-refractivity contribution in [3.63, 3.8) is 0 Å². The highest BCUT2D eigenvalue weighted by atomic mass is 32.2. The van der Waals surface area contributed by atoms with Crippen molar-refractivity contribution in [2.75, 3.05) is 11.6 Å². The van der Waals surface area contributed by atoms with Crippen LogP contribution in [-0.2, 0) is 14.8 Å². The van der Waals surface area contributed by atoms with Crippen LogP contribution >= 0.6 is 23.1 Å². The number of hydrogen-bond acceptors (Lipinski definition) is 5. The Morgan fingerprint density at radius 3 is 2.88 bits per heavy atom. The molecule has 0 saturated carbocycles. The third-order valence-electron chi connectivity index (χ3n) is 2.18. The Hall–Kier alpha value is -0.570. The van der Waals surface area contributed by atoms with E-state index < -0.39 is 22.0 Å². The Morgan fingerprint density at radius 2 is 2.31 bits per heavy atom. The van der Waals surface area contributed by atoms with Crippen LogP contribution in [0.3, 0.4) is 0 Å². The molecule has 88 valence electrons.